The second-order valence-electron chi connectivity index (χ2n) is 8.13. The van der Waals surface area contributed by atoms with Crippen LogP contribution in [0, 0.1) is 6.92 Å². The van der Waals surface area contributed by atoms with Crippen LogP contribution in [0.4, 0.5) is 11.4 Å². The summed E-state index contributed by atoms with van der Waals surface area (Å²) in [5, 5.41) is 22.2. The van der Waals surface area contributed by atoms with Crippen molar-refractivity contribution >= 4 is 11.4 Å². The minimum Gasteiger partial charge on any atom is -0.505 e. The lowest BCUT2D eigenvalue weighted by Gasteiger charge is -2.16. The maximum absolute atomic E-state index is 13.1. The zero-order valence-corrected chi connectivity index (χ0v) is 17.9. The number of phenols is 1. The van der Waals surface area contributed by atoms with E-state index >= 15 is 0 Å². The number of hydrogen-bond donors (Lipinski definition) is 2. The van der Waals surface area contributed by atoms with E-state index < -0.39 is 0 Å². The molecule has 0 saturated heterocycles. The van der Waals surface area contributed by atoms with Crippen LogP contribution in [0.25, 0.3) is 16.8 Å². The van der Waals surface area contributed by atoms with Crippen molar-refractivity contribution in [1.82, 2.24) is 9.78 Å². The normalized spacial score (nSPS) is 13.4. The summed E-state index contributed by atoms with van der Waals surface area (Å²) >= 11 is 0. The van der Waals surface area contributed by atoms with Gasteiger partial charge >= 0.3 is 0 Å². The van der Waals surface area contributed by atoms with Gasteiger partial charge in [-0.3, -0.25) is 9.89 Å². The molecule has 1 aliphatic rings. The number of H-pyrrole nitrogens is 1. The Morgan fingerprint density at radius 2 is 1.69 bits per heavy atom. The highest BCUT2D eigenvalue weighted by atomic mass is 16.3. The lowest BCUT2D eigenvalue weighted by Crippen LogP contribution is -2.15. The zero-order chi connectivity index (χ0) is 22.1. The Morgan fingerprint density at radius 1 is 0.906 bits per heavy atom. The summed E-state index contributed by atoms with van der Waals surface area (Å²) in [6.07, 6.45) is 4.54. The summed E-state index contributed by atoms with van der Waals surface area (Å²) < 4.78 is 1.51. The molecule has 160 valence electrons. The van der Waals surface area contributed by atoms with Gasteiger partial charge in [-0.05, 0) is 67.5 Å². The molecule has 0 bridgehead atoms. The van der Waals surface area contributed by atoms with Gasteiger partial charge in [0.05, 0.1) is 11.4 Å². The minimum atomic E-state index is -0.263. The molecule has 0 spiro atoms. The number of aromatic hydroxyl groups is 1. The zero-order valence-electron chi connectivity index (χ0n) is 17.9. The largest absolute Gasteiger partial charge is 0.505 e. The number of fused-ring (bicyclic) bond motifs is 1. The Balaban J connectivity index is 1.49. The van der Waals surface area contributed by atoms with E-state index in [4.69, 9.17) is 0 Å². The first-order chi connectivity index (χ1) is 15.6. The number of azo groups is 1. The molecule has 4 aromatic rings. The maximum Gasteiger partial charge on any atom is 0.299 e. The van der Waals surface area contributed by atoms with Gasteiger partial charge in [0.25, 0.3) is 5.56 Å². The standard InChI is InChI=1S/C26H24N4O2/c1-17-24(26(32)30(29-17)21-15-14-18-8-5-6-11-20(18)16-21)28-27-23-13-7-12-22(25(23)31)19-9-3-2-4-10-19/h2-4,7,9-10,12-16,29,31H,5-6,8,11H2,1H3. The van der Waals surface area contributed by atoms with Gasteiger partial charge in [-0.1, -0.05) is 48.5 Å². The molecule has 0 saturated carbocycles. The summed E-state index contributed by atoms with van der Waals surface area (Å²) in [4.78, 5) is 13.1. The molecule has 1 aromatic heterocycles. The van der Waals surface area contributed by atoms with Gasteiger partial charge in [0.1, 0.15) is 5.69 Å². The Morgan fingerprint density at radius 3 is 2.50 bits per heavy atom. The van der Waals surface area contributed by atoms with E-state index in [1.165, 1.54) is 28.7 Å². The first-order valence-corrected chi connectivity index (χ1v) is 10.8. The topological polar surface area (TPSA) is 82.7 Å². The fourth-order valence-electron chi connectivity index (χ4n) is 4.26. The number of phenolic OH excluding ortho intramolecular Hbond substituents is 1. The molecule has 5 rings (SSSR count). The van der Waals surface area contributed by atoms with Crippen molar-refractivity contribution < 1.29 is 5.11 Å². The molecule has 0 aliphatic heterocycles. The van der Waals surface area contributed by atoms with Crippen LogP contribution in [0.15, 0.2) is 81.8 Å². The van der Waals surface area contributed by atoms with Gasteiger partial charge in [0, 0.05) is 5.56 Å². The van der Waals surface area contributed by atoms with Gasteiger partial charge in [0.2, 0.25) is 0 Å². The number of para-hydroxylation sites is 1. The van der Waals surface area contributed by atoms with Crippen molar-refractivity contribution in [3.63, 3.8) is 0 Å². The van der Waals surface area contributed by atoms with Gasteiger partial charge in [-0.25, -0.2) is 4.68 Å². The van der Waals surface area contributed by atoms with Crippen molar-refractivity contribution in [1.29, 1.82) is 0 Å². The van der Waals surface area contributed by atoms with Crippen molar-refractivity contribution in [2.24, 2.45) is 10.2 Å². The molecule has 0 atom stereocenters. The monoisotopic (exact) mass is 424 g/mol. The smallest absolute Gasteiger partial charge is 0.299 e. The first kappa shape index (κ1) is 20.0. The van der Waals surface area contributed by atoms with Crippen LogP contribution in [0.1, 0.15) is 29.7 Å². The van der Waals surface area contributed by atoms with Crippen LogP contribution < -0.4 is 5.56 Å². The van der Waals surface area contributed by atoms with E-state index in [1.54, 1.807) is 13.0 Å². The molecule has 0 radical (unpaired) electrons. The van der Waals surface area contributed by atoms with E-state index in [9.17, 15) is 9.90 Å². The molecule has 0 fully saturated rings. The number of aryl methyl sites for hydroxylation is 3. The molecule has 1 heterocycles. The predicted octanol–water partition coefficient (Wildman–Crippen LogP) is 6.14. The van der Waals surface area contributed by atoms with E-state index in [1.807, 2.05) is 48.5 Å². The van der Waals surface area contributed by atoms with E-state index in [2.05, 4.69) is 27.5 Å². The number of benzene rings is 3. The Labute approximate surface area is 185 Å². The quantitative estimate of drug-likeness (QED) is 0.386. The molecular weight excluding hydrogens is 400 g/mol. The molecule has 6 nitrogen and oxygen atoms in total. The van der Waals surface area contributed by atoms with Crippen molar-refractivity contribution in [2.75, 3.05) is 0 Å². The van der Waals surface area contributed by atoms with Crippen molar-refractivity contribution in [3.05, 3.63) is 93.9 Å². The van der Waals surface area contributed by atoms with Gasteiger partial charge in [0.15, 0.2) is 11.4 Å². The lowest BCUT2D eigenvalue weighted by molar-refractivity contribution is 0.478. The fraction of sp³-hybridized carbons (Fsp3) is 0.192. The number of nitrogens with one attached hydrogen (secondary N) is 1. The molecule has 0 unspecified atom stereocenters. The average Bonchev–Trinajstić information content (AvgIpc) is 3.12. The maximum atomic E-state index is 13.1. The number of aromatic amines is 1. The number of rotatable bonds is 4. The highest BCUT2D eigenvalue weighted by molar-refractivity contribution is 5.76. The molecular formula is C26H24N4O2. The van der Waals surface area contributed by atoms with E-state index in [-0.39, 0.29) is 17.0 Å². The van der Waals surface area contributed by atoms with Gasteiger partial charge in [-0.2, -0.15) is 0 Å². The first-order valence-electron chi connectivity index (χ1n) is 10.8. The van der Waals surface area contributed by atoms with Crippen LogP contribution in [0.2, 0.25) is 0 Å². The Hall–Kier alpha value is -3.93. The highest BCUT2D eigenvalue weighted by Gasteiger charge is 2.16. The molecule has 32 heavy (non-hydrogen) atoms. The SMILES string of the molecule is Cc1[nH]n(-c2ccc3c(c2)CCCC3)c(=O)c1N=Nc1cccc(-c2ccccc2)c1O. The van der Waals surface area contributed by atoms with E-state index in [0.717, 1.165) is 24.1 Å². The van der Waals surface area contributed by atoms with Crippen molar-refractivity contribution in [3.8, 4) is 22.6 Å². The Bertz CT molecular complexity index is 1370. The van der Waals surface area contributed by atoms with Crippen molar-refractivity contribution in [2.45, 2.75) is 32.6 Å². The predicted molar refractivity (Wildman–Crippen MR) is 125 cm³/mol. The highest BCUT2D eigenvalue weighted by Crippen LogP contribution is 2.37. The molecule has 2 N–H and O–H groups in total. The van der Waals surface area contributed by atoms with Crippen LogP contribution in [-0.2, 0) is 12.8 Å². The van der Waals surface area contributed by atoms with Gasteiger partial charge in [-0.15, -0.1) is 10.2 Å². The summed E-state index contributed by atoms with van der Waals surface area (Å²) in [6, 6.07) is 21.1. The van der Waals surface area contributed by atoms with Crippen LogP contribution in [0.5, 0.6) is 5.75 Å². The second kappa shape index (κ2) is 8.30. The summed E-state index contributed by atoms with van der Waals surface area (Å²) in [6.45, 7) is 1.80. The van der Waals surface area contributed by atoms with Gasteiger partial charge < -0.3 is 5.11 Å². The fourth-order valence-corrected chi connectivity index (χ4v) is 4.26. The molecule has 6 heteroatoms. The Kier molecular flexibility index (Phi) is 5.19. The van der Waals surface area contributed by atoms with Crippen LogP contribution >= 0.6 is 0 Å². The molecule has 3 aromatic carbocycles. The van der Waals surface area contributed by atoms with E-state index in [0.29, 0.717) is 16.9 Å². The number of nitrogens with zero attached hydrogens (tertiary/aromatic N) is 3. The lowest BCUT2D eigenvalue weighted by atomic mass is 9.91. The van der Waals surface area contributed by atoms with Crippen LogP contribution in [0.3, 0.4) is 0 Å². The van der Waals surface area contributed by atoms with Crippen LogP contribution in [-0.4, -0.2) is 14.9 Å². The third-order valence-electron chi connectivity index (χ3n) is 5.99. The second-order valence-corrected chi connectivity index (χ2v) is 8.13. The summed E-state index contributed by atoms with van der Waals surface area (Å²) in [5.41, 5.74) is 5.92. The summed E-state index contributed by atoms with van der Waals surface area (Å²) in [5.74, 6) is 0.0330. The number of hydrogen-bond acceptors (Lipinski definition) is 4. The average molecular weight is 425 g/mol. The molecule has 0 amide bonds. The third-order valence-corrected chi connectivity index (χ3v) is 5.99. The third kappa shape index (κ3) is 3.64. The molecule has 1 aliphatic carbocycles. The minimum absolute atomic E-state index is 0.0330. The summed E-state index contributed by atoms with van der Waals surface area (Å²) in [7, 11) is 0. The number of aromatic nitrogens is 2.